The summed E-state index contributed by atoms with van der Waals surface area (Å²) in [5.74, 6) is -1.39. The third-order valence-electron chi connectivity index (χ3n) is 6.64. The van der Waals surface area contributed by atoms with Crippen molar-refractivity contribution in [3.8, 4) is 11.3 Å². The molecule has 2 aromatic heterocycles. The quantitative estimate of drug-likeness (QED) is 0.830. The van der Waals surface area contributed by atoms with Crippen LogP contribution in [0.3, 0.4) is 0 Å². The average Bonchev–Trinajstić information content (AvgIpc) is 2.96. The van der Waals surface area contributed by atoms with Crippen molar-refractivity contribution in [3.05, 3.63) is 29.6 Å². The molecule has 2 aromatic rings. The maximum Gasteiger partial charge on any atom is 0.274 e. The fourth-order valence-electron chi connectivity index (χ4n) is 4.91. The van der Waals surface area contributed by atoms with Gasteiger partial charge >= 0.3 is 0 Å². The standard InChI is InChI=1S/C21H27F2N5O/c1-11(2)28-18(19-14-7-27(8-15(14)19)13-9-29-10-13)5-17(26-28)12-4-16(21(3,22)23)20(24)25-6-12/h4-6,11,13-15,19H,7-10H2,1-3H3,(H2,24,25)/t14-,15+,19?. The summed E-state index contributed by atoms with van der Waals surface area (Å²) in [4.78, 5) is 6.55. The fourth-order valence-corrected chi connectivity index (χ4v) is 4.91. The van der Waals surface area contributed by atoms with Gasteiger partial charge in [0, 0.05) is 49.4 Å². The van der Waals surface area contributed by atoms with Crippen LogP contribution in [0.4, 0.5) is 14.6 Å². The topological polar surface area (TPSA) is 69.2 Å². The van der Waals surface area contributed by atoms with Gasteiger partial charge in [-0.2, -0.15) is 5.10 Å². The van der Waals surface area contributed by atoms with Crippen molar-refractivity contribution >= 4 is 5.82 Å². The van der Waals surface area contributed by atoms with Gasteiger partial charge in [0.25, 0.3) is 5.92 Å². The van der Waals surface area contributed by atoms with Gasteiger partial charge in [0.2, 0.25) is 0 Å². The van der Waals surface area contributed by atoms with E-state index in [0.29, 0.717) is 35.1 Å². The van der Waals surface area contributed by atoms with E-state index in [4.69, 9.17) is 15.6 Å². The molecule has 29 heavy (non-hydrogen) atoms. The highest BCUT2D eigenvalue weighted by Gasteiger charge is 2.58. The fraction of sp³-hybridized carbons (Fsp3) is 0.619. The van der Waals surface area contributed by atoms with E-state index in [-0.39, 0.29) is 17.4 Å². The second-order valence-corrected chi connectivity index (χ2v) is 9.04. The largest absolute Gasteiger partial charge is 0.383 e. The Morgan fingerprint density at radius 2 is 1.90 bits per heavy atom. The highest BCUT2D eigenvalue weighted by molar-refractivity contribution is 5.63. The molecule has 156 valence electrons. The van der Waals surface area contributed by atoms with Gasteiger partial charge in [-0.05, 0) is 37.8 Å². The smallest absolute Gasteiger partial charge is 0.274 e. The first-order valence-electron chi connectivity index (χ1n) is 10.3. The van der Waals surface area contributed by atoms with Gasteiger partial charge < -0.3 is 10.5 Å². The normalized spacial score (nSPS) is 27.3. The third-order valence-corrected chi connectivity index (χ3v) is 6.64. The van der Waals surface area contributed by atoms with Crippen LogP contribution in [0.25, 0.3) is 11.3 Å². The van der Waals surface area contributed by atoms with Crippen molar-refractivity contribution < 1.29 is 13.5 Å². The molecule has 0 aromatic carbocycles. The Bertz CT molecular complexity index is 922. The first-order chi connectivity index (χ1) is 13.7. The first kappa shape index (κ1) is 18.9. The lowest BCUT2D eigenvalue weighted by molar-refractivity contribution is -0.0610. The number of halogens is 2. The van der Waals surface area contributed by atoms with E-state index in [1.54, 1.807) is 0 Å². The predicted molar refractivity (Wildman–Crippen MR) is 106 cm³/mol. The molecular weight excluding hydrogens is 376 g/mol. The van der Waals surface area contributed by atoms with Crippen molar-refractivity contribution in [2.45, 2.75) is 44.7 Å². The zero-order chi connectivity index (χ0) is 20.5. The molecule has 0 amide bonds. The van der Waals surface area contributed by atoms with Crippen molar-refractivity contribution in [2.75, 3.05) is 32.0 Å². The lowest BCUT2D eigenvalue weighted by atomic mass is 10.1. The molecule has 1 aliphatic carbocycles. The Labute approximate surface area is 169 Å². The Morgan fingerprint density at radius 1 is 1.21 bits per heavy atom. The summed E-state index contributed by atoms with van der Waals surface area (Å²) >= 11 is 0. The van der Waals surface area contributed by atoms with Crippen LogP contribution in [-0.4, -0.2) is 52.0 Å². The number of anilines is 1. The van der Waals surface area contributed by atoms with E-state index in [0.717, 1.165) is 33.2 Å². The number of alkyl halides is 2. The molecule has 1 saturated carbocycles. The van der Waals surface area contributed by atoms with Crippen molar-refractivity contribution in [2.24, 2.45) is 11.8 Å². The van der Waals surface area contributed by atoms with E-state index in [1.165, 1.54) is 18.0 Å². The van der Waals surface area contributed by atoms with Crippen LogP contribution >= 0.6 is 0 Å². The molecule has 0 radical (unpaired) electrons. The van der Waals surface area contributed by atoms with Crippen molar-refractivity contribution in [1.82, 2.24) is 19.7 Å². The number of fused-ring (bicyclic) bond motifs is 1. The maximum absolute atomic E-state index is 13.9. The van der Waals surface area contributed by atoms with E-state index in [2.05, 4.69) is 34.5 Å². The highest BCUT2D eigenvalue weighted by Crippen LogP contribution is 2.59. The molecule has 8 heteroatoms. The molecule has 2 aliphatic heterocycles. The van der Waals surface area contributed by atoms with Crippen molar-refractivity contribution in [1.29, 1.82) is 0 Å². The minimum Gasteiger partial charge on any atom is -0.383 e. The number of piperidine rings is 1. The molecule has 1 unspecified atom stereocenters. The number of pyridine rings is 1. The van der Waals surface area contributed by atoms with Crippen LogP contribution < -0.4 is 5.73 Å². The molecule has 6 nitrogen and oxygen atoms in total. The summed E-state index contributed by atoms with van der Waals surface area (Å²) in [7, 11) is 0. The van der Waals surface area contributed by atoms with Crippen LogP contribution in [-0.2, 0) is 10.7 Å². The Hall–Kier alpha value is -2.06. The average molecular weight is 403 g/mol. The number of hydrogen-bond acceptors (Lipinski definition) is 5. The van der Waals surface area contributed by atoms with Gasteiger partial charge in [-0.25, -0.2) is 13.8 Å². The number of ether oxygens (including phenoxy) is 1. The Kier molecular flexibility index (Phi) is 4.22. The summed E-state index contributed by atoms with van der Waals surface area (Å²) in [5.41, 5.74) is 7.89. The van der Waals surface area contributed by atoms with Crippen molar-refractivity contribution in [3.63, 3.8) is 0 Å². The molecule has 0 spiro atoms. The summed E-state index contributed by atoms with van der Waals surface area (Å²) in [6.07, 6.45) is 1.54. The SMILES string of the molecule is CC(C)n1nc(-c2cnc(N)c(C(C)(F)F)c2)cc1C1[C@H]2CN(C3COC3)C[C@@H]12. The number of nitrogens with two attached hydrogens (primary N) is 1. The van der Waals surface area contributed by atoms with Crippen LogP contribution in [0, 0.1) is 11.8 Å². The third kappa shape index (κ3) is 3.13. The molecule has 2 saturated heterocycles. The van der Waals surface area contributed by atoms with Gasteiger partial charge in [-0.15, -0.1) is 0 Å². The summed E-state index contributed by atoms with van der Waals surface area (Å²) in [5, 5.41) is 4.76. The minimum absolute atomic E-state index is 0.137. The van der Waals surface area contributed by atoms with Crippen LogP contribution in [0.5, 0.6) is 0 Å². The van der Waals surface area contributed by atoms with Gasteiger partial charge in [-0.1, -0.05) is 0 Å². The summed E-state index contributed by atoms with van der Waals surface area (Å²) in [6, 6.07) is 4.27. The number of aromatic nitrogens is 3. The van der Waals surface area contributed by atoms with E-state index in [1.807, 2.05) is 0 Å². The second kappa shape index (κ2) is 6.47. The van der Waals surface area contributed by atoms with E-state index < -0.39 is 5.92 Å². The minimum atomic E-state index is -3.04. The Balaban J connectivity index is 1.43. The van der Waals surface area contributed by atoms with Crippen LogP contribution in [0.2, 0.25) is 0 Å². The number of rotatable bonds is 5. The zero-order valence-electron chi connectivity index (χ0n) is 17.0. The maximum atomic E-state index is 13.9. The second-order valence-electron chi connectivity index (χ2n) is 9.04. The molecule has 4 heterocycles. The number of likely N-dealkylation sites (tertiary alicyclic amines) is 1. The predicted octanol–water partition coefficient (Wildman–Crippen LogP) is 3.26. The number of nitrogens with zero attached hydrogens (tertiary/aromatic N) is 4. The van der Waals surface area contributed by atoms with Gasteiger partial charge in [0.1, 0.15) is 5.82 Å². The van der Waals surface area contributed by atoms with E-state index >= 15 is 0 Å². The van der Waals surface area contributed by atoms with Crippen LogP contribution in [0.15, 0.2) is 18.3 Å². The molecular formula is C21H27F2N5O. The van der Waals surface area contributed by atoms with Gasteiger partial charge in [0.15, 0.2) is 0 Å². The van der Waals surface area contributed by atoms with Gasteiger partial charge in [-0.3, -0.25) is 9.58 Å². The Morgan fingerprint density at radius 3 is 2.45 bits per heavy atom. The lowest BCUT2D eigenvalue weighted by Gasteiger charge is -2.35. The lowest BCUT2D eigenvalue weighted by Crippen LogP contribution is -2.48. The van der Waals surface area contributed by atoms with Gasteiger partial charge in [0.05, 0.1) is 30.5 Å². The van der Waals surface area contributed by atoms with E-state index in [9.17, 15) is 8.78 Å². The molecule has 5 rings (SSSR count). The summed E-state index contributed by atoms with van der Waals surface area (Å²) < 4.78 is 35.2. The van der Waals surface area contributed by atoms with Crippen LogP contribution in [0.1, 0.15) is 44.0 Å². The molecule has 2 N–H and O–H groups in total. The first-order valence-corrected chi connectivity index (χ1v) is 10.3. The molecule has 3 aliphatic rings. The monoisotopic (exact) mass is 403 g/mol. The molecule has 3 atom stereocenters. The number of hydrogen-bond donors (Lipinski definition) is 1. The highest BCUT2D eigenvalue weighted by atomic mass is 19.3. The zero-order valence-corrected chi connectivity index (χ0v) is 17.0. The molecule has 3 fully saturated rings. The number of nitrogen functional groups attached to an aromatic ring is 1. The molecule has 0 bridgehead atoms. The summed E-state index contributed by atoms with van der Waals surface area (Å²) in [6.45, 7) is 8.97.